The standard InChI is InChI=1S/C14H13N2/c1-2-4-12-10(3-1)7-11-8-13(9-5-6-9)16-14(11)15-12/h1,3-4,7,9,13H,5-6,8H2,(H,15,16)/t13-/m0/s1. The van der Waals surface area contributed by atoms with E-state index in [1.54, 1.807) is 0 Å². The molecule has 2 nitrogen and oxygen atoms in total. The van der Waals surface area contributed by atoms with E-state index in [1.807, 2.05) is 12.1 Å². The van der Waals surface area contributed by atoms with E-state index in [0.717, 1.165) is 23.7 Å². The lowest BCUT2D eigenvalue weighted by molar-refractivity contribution is 0.659. The Morgan fingerprint density at radius 3 is 3.19 bits per heavy atom. The second-order valence-corrected chi connectivity index (χ2v) is 4.91. The third kappa shape index (κ3) is 1.22. The Morgan fingerprint density at radius 2 is 2.31 bits per heavy atom. The van der Waals surface area contributed by atoms with Gasteiger partial charge in [0.1, 0.15) is 5.82 Å². The Hall–Kier alpha value is -1.57. The summed E-state index contributed by atoms with van der Waals surface area (Å²) in [6.45, 7) is 0. The summed E-state index contributed by atoms with van der Waals surface area (Å²) in [6, 6.07) is 12.0. The quantitative estimate of drug-likeness (QED) is 0.781. The molecule has 0 bridgehead atoms. The van der Waals surface area contributed by atoms with Gasteiger partial charge in [0.2, 0.25) is 0 Å². The normalized spacial score (nSPS) is 23.1. The molecule has 2 heteroatoms. The molecule has 1 aliphatic heterocycles. The molecule has 4 rings (SSSR count). The van der Waals surface area contributed by atoms with E-state index in [-0.39, 0.29) is 0 Å². The highest BCUT2D eigenvalue weighted by molar-refractivity contribution is 5.82. The van der Waals surface area contributed by atoms with E-state index in [2.05, 4.69) is 28.5 Å². The first-order chi connectivity index (χ1) is 7.90. The summed E-state index contributed by atoms with van der Waals surface area (Å²) in [7, 11) is 0. The smallest absolute Gasteiger partial charge is 0.130 e. The van der Waals surface area contributed by atoms with Crippen molar-refractivity contribution in [2.45, 2.75) is 25.3 Å². The van der Waals surface area contributed by atoms with Gasteiger partial charge in [-0.05, 0) is 48.9 Å². The second kappa shape index (κ2) is 2.97. The van der Waals surface area contributed by atoms with E-state index < -0.39 is 0 Å². The monoisotopic (exact) mass is 209 g/mol. The Labute approximate surface area is 94.7 Å². The summed E-state index contributed by atoms with van der Waals surface area (Å²) in [5, 5.41) is 4.80. The third-order valence-corrected chi connectivity index (χ3v) is 3.69. The van der Waals surface area contributed by atoms with Crippen molar-refractivity contribution in [3.63, 3.8) is 0 Å². The molecule has 1 saturated carbocycles. The Balaban J connectivity index is 1.82. The number of hydrogen-bond acceptors (Lipinski definition) is 2. The average Bonchev–Trinajstić information content (AvgIpc) is 3.07. The molecule has 1 fully saturated rings. The third-order valence-electron chi connectivity index (χ3n) is 3.69. The highest BCUT2D eigenvalue weighted by Crippen LogP contribution is 2.40. The largest absolute Gasteiger partial charge is 0.366 e. The van der Waals surface area contributed by atoms with Crippen LogP contribution < -0.4 is 5.32 Å². The van der Waals surface area contributed by atoms with Crippen LogP contribution in [0.3, 0.4) is 0 Å². The zero-order valence-electron chi connectivity index (χ0n) is 9.03. The zero-order valence-corrected chi connectivity index (χ0v) is 9.03. The molecule has 1 aromatic heterocycles. The van der Waals surface area contributed by atoms with Gasteiger partial charge >= 0.3 is 0 Å². The molecule has 2 aromatic rings. The minimum Gasteiger partial charge on any atom is -0.366 e. The zero-order chi connectivity index (χ0) is 10.5. The number of nitrogens with one attached hydrogen (secondary N) is 1. The molecular formula is C14H13N2. The highest BCUT2D eigenvalue weighted by Gasteiger charge is 2.35. The van der Waals surface area contributed by atoms with Crippen LogP contribution in [0.25, 0.3) is 10.9 Å². The molecule has 1 aromatic carbocycles. The lowest BCUT2D eigenvalue weighted by atomic mass is 10.1. The van der Waals surface area contributed by atoms with Crippen molar-refractivity contribution >= 4 is 16.7 Å². The van der Waals surface area contributed by atoms with Crippen LogP contribution in [-0.2, 0) is 6.42 Å². The number of anilines is 1. The lowest BCUT2D eigenvalue weighted by Crippen LogP contribution is -2.17. The number of rotatable bonds is 1. The van der Waals surface area contributed by atoms with Crippen LogP contribution in [-0.4, -0.2) is 11.0 Å². The van der Waals surface area contributed by atoms with E-state index in [4.69, 9.17) is 0 Å². The van der Waals surface area contributed by atoms with Crippen molar-refractivity contribution in [2.24, 2.45) is 5.92 Å². The molecule has 0 unspecified atom stereocenters. The fourth-order valence-corrected chi connectivity index (χ4v) is 2.63. The molecule has 1 N–H and O–H groups in total. The minimum absolute atomic E-state index is 0.642. The van der Waals surface area contributed by atoms with Crippen molar-refractivity contribution in [2.75, 3.05) is 5.32 Å². The number of nitrogens with zero attached hydrogens (tertiary/aromatic N) is 1. The average molecular weight is 209 g/mol. The summed E-state index contributed by atoms with van der Waals surface area (Å²) in [6.07, 6.45) is 3.93. The SMILES string of the molecule is [c]1ccc2cc3c(nc2c1)N[C@H](C1CC1)C3. The molecule has 0 amide bonds. The Morgan fingerprint density at radius 1 is 1.38 bits per heavy atom. The van der Waals surface area contributed by atoms with Crippen molar-refractivity contribution in [1.82, 2.24) is 4.98 Å². The molecule has 1 atom stereocenters. The summed E-state index contributed by atoms with van der Waals surface area (Å²) in [5.74, 6) is 1.99. The maximum atomic E-state index is 4.67. The molecule has 0 saturated heterocycles. The number of aromatic nitrogens is 1. The van der Waals surface area contributed by atoms with Gasteiger partial charge in [-0.2, -0.15) is 0 Å². The molecule has 1 aliphatic carbocycles. The van der Waals surface area contributed by atoms with Crippen LogP contribution >= 0.6 is 0 Å². The summed E-state index contributed by atoms with van der Waals surface area (Å²) < 4.78 is 0. The van der Waals surface area contributed by atoms with Crippen LogP contribution in [0.5, 0.6) is 0 Å². The maximum Gasteiger partial charge on any atom is 0.130 e. The summed E-state index contributed by atoms with van der Waals surface area (Å²) in [4.78, 5) is 4.67. The fourth-order valence-electron chi connectivity index (χ4n) is 2.63. The van der Waals surface area contributed by atoms with Crippen molar-refractivity contribution < 1.29 is 0 Å². The van der Waals surface area contributed by atoms with Gasteiger partial charge in [-0.1, -0.05) is 12.1 Å². The van der Waals surface area contributed by atoms with Crippen molar-refractivity contribution in [3.05, 3.63) is 35.9 Å². The van der Waals surface area contributed by atoms with Crippen LogP contribution in [0.1, 0.15) is 18.4 Å². The van der Waals surface area contributed by atoms with Gasteiger partial charge in [0.05, 0.1) is 5.52 Å². The van der Waals surface area contributed by atoms with E-state index >= 15 is 0 Å². The highest BCUT2D eigenvalue weighted by atomic mass is 15.1. The molecule has 0 spiro atoms. The molecule has 16 heavy (non-hydrogen) atoms. The van der Waals surface area contributed by atoms with Gasteiger partial charge < -0.3 is 5.32 Å². The predicted octanol–water partition coefficient (Wildman–Crippen LogP) is 2.78. The van der Waals surface area contributed by atoms with Crippen molar-refractivity contribution in [1.29, 1.82) is 0 Å². The maximum absolute atomic E-state index is 4.67. The van der Waals surface area contributed by atoms with E-state index in [1.165, 1.54) is 23.8 Å². The summed E-state index contributed by atoms with van der Waals surface area (Å²) in [5.41, 5.74) is 2.43. The first-order valence-electron chi connectivity index (χ1n) is 5.96. The van der Waals surface area contributed by atoms with Crippen LogP contribution in [0, 0.1) is 12.0 Å². The van der Waals surface area contributed by atoms with Gasteiger partial charge in [0.25, 0.3) is 0 Å². The van der Waals surface area contributed by atoms with Gasteiger partial charge in [-0.3, -0.25) is 0 Å². The van der Waals surface area contributed by atoms with Gasteiger partial charge in [-0.15, -0.1) is 0 Å². The van der Waals surface area contributed by atoms with Crippen LogP contribution in [0.15, 0.2) is 24.3 Å². The van der Waals surface area contributed by atoms with Gasteiger partial charge in [0, 0.05) is 11.4 Å². The predicted molar refractivity (Wildman–Crippen MR) is 64.4 cm³/mol. The van der Waals surface area contributed by atoms with Crippen LogP contribution in [0.2, 0.25) is 0 Å². The van der Waals surface area contributed by atoms with Crippen molar-refractivity contribution in [3.8, 4) is 0 Å². The topological polar surface area (TPSA) is 24.9 Å². The van der Waals surface area contributed by atoms with Crippen LogP contribution in [0.4, 0.5) is 5.82 Å². The lowest BCUT2D eigenvalue weighted by Gasteiger charge is -2.07. The number of pyridine rings is 1. The molecule has 79 valence electrons. The summed E-state index contributed by atoms with van der Waals surface area (Å²) >= 11 is 0. The molecular weight excluding hydrogens is 196 g/mol. The van der Waals surface area contributed by atoms with Gasteiger partial charge in [-0.25, -0.2) is 4.98 Å². The number of fused-ring (bicyclic) bond motifs is 2. The molecule has 2 aliphatic rings. The first-order valence-corrected chi connectivity index (χ1v) is 5.96. The van der Waals surface area contributed by atoms with E-state index in [9.17, 15) is 0 Å². The van der Waals surface area contributed by atoms with Gasteiger partial charge in [0.15, 0.2) is 0 Å². The molecule has 1 radical (unpaired) electrons. The Bertz CT molecular complexity index is 513. The van der Waals surface area contributed by atoms with E-state index in [0.29, 0.717) is 6.04 Å². The number of hydrogen-bond donors (Lipinski definition) is 1. The molecule has 2 heterocycles. The first kappa shape index (κ1) is 8.57. The minimum atomic E-state index is 0.642. The second-order valence-electron chi connectivity index (χ2n) is 4.91. The number of benzene rings is 1. The Kier molecular flexibility index (Phi) is 1.59. The fraction of sp³-hybridized carbons (Fsp3) is 0.357.